The minimum Gasteiger partial charge on any atom is -0.322 e. The lowest BCUT2D eigenvalue weighted by molar-refractivity contribution is 0.146. The van der Waals surface area contributed by atoms with Crippen LogP contribution in [0.2, 0.25) is 0 Å². The number of hydrogen-bond acceptors (Lipinski definition) is 3. The van der Waals surface area contributed by atoms with Crippen LogP contribution in [0.1, 0.15) is 19.8 Å². The van der Waals surface area contributed by atoms with Crippen LogP contribution in [0.15, 0.2) is 36.5 Å². The number of rotatable bonds is 4. The molecule has 1 fully saturated rings. The van der Waals surface area contributed by atoms with Crippen molar-refractivity contribution in [2.45, 2.75) is 19.8 Å². The van der Waals surface area contributed by atoms with E-state index in [1.807, 2.05) is 35.2 Å². The summed E-state index contributed by atoms with van der Waals surface area (Å²) >= 11 is 0. The molecule has 2 aromatic rings. The number of para-hydroxylation sites is 1. The van der Waals surface area contributed by atoms with Gasteiger partial charge in [-0.1, -0.05) is 31.5 Å². The molecule has 0 saturated carbocycles. The molecule has 0 bridgehead atoms. The molecule has 23 heavy (non-hydrogen) atoms. The summed E-state index contributed by atoms with van der Waals surface area (Å²) in [6.07, 6.45) is 4.20. The average molecular weight is 312 g/mol. The number of carbonyl (C=O) groups excluding carboxylic acids is 1. The SMILES string of the molecule is CCCCN1CCN(C(=O)Nc2cccc3cccnc23)CC1. The molecule has 3 rings (SSSR count). The standard InChI is InChI=1S/C18H24N4O/c1-2-3-10-21-11-13-22(14-12-21)18(23)20-16-8-4-6-15-7-5-9-19-17(15)16/h4-9H,2-3,10-14H2,1H3,(H,20,23). The lowest BCUT2D eigenvalue weighted by Gasteiger charge is -2.34. The predicted molar refractivity (Wildman–Crippen MR) is 93.7 cm³/mol. The molecule has 1 saturated heterocycles. The van der Waals surface area contributed by atoms with E-state index >= 15 is 0 Å². The molecule has 0 aliphatic carbocycles. The van der Waals surface area contributed by atoms with Gasteiger partial charge in [0.05, 0.1) is 11.2 Å². The molecule has 5 nitrogen and oxygen atoms in total. The fourth-order valence-electron chi connectivity index (χ4n) is 2.96. The molecule has 1 aliphatic rings. The number of urea groups is 1. The highest BCUT2D eigenvalue weighted by molar-refractivity contribution is 5.99. The van der Waals surface area contributed by atoms with Crippen molar-refractivity contribution >= 4 is 22.6 Å². The maximum absolute atomic E-state index is 12.5. The van der Waals surface area contributed by atoms with Crippen molar-refractivity contribution < 1.29 is 4.79 Å². The van der Waals surface area contributed by atoms with E-state index in [1.54, 1.807) is 6.20 Å². The van der Waals surface area contributed by atoms with Crippen LogP contribution in [0.4, 0.5) is 10.5 Å². The van der Waals surface area contributed by atoms with E-state index in [0.717, 1.165) is 49.3 Å². The zero-order valence-electron chi connectivity index (χ0n) is 13.7. The summed E-state index contributed by atoms with van der Waals surface area (Å²) in [5.41, 5.74) is 1.62. The molecular formula is C18H24N4O. The molecule has 2 heterocycles. The second kappa shape index (κ2) is 7.42. The van der Waals surface area contributed by atoms with Crippen molar-refractivity contribution in [3.63, 3.8) is 0 Å². The van der Waals surface area contributed by atoms with Crippen LogP contribution in [0.25, 0.3) is 10.9 Å². The average Bonchev–Trinajstić information content (AvgIpc) is 2.60. The van der Waals surface area contributed by atoms with E-state index in [1.165, 1.54) is 12.8 Å². The number of anilines is 1. The van der Waals surface area contributed by atoms with Crippen LogP contribution >= 0.6 is 0 Å². The van der Waals surface area contributed by atoms with Crippen LogP contribution < -0.4 is 5.32 Å². The monoisotopic (exact) mass is 312 g/mol. The number of nitrogens with zero attached hydrogens (tertiary/aromatic N) is 3. The van der Waals surface area contributed by atoms with Gasteiger partial charge in [-0.3, -0.25) is 9.88 Å². The Balaban J connectivity index is 1.61. The van der Waals surface area contributed by atoms with Crippen molar-refractivity contribution in [1.29, 1.82) is 0 Å². The number of pyridine rings is 1. The first-order valence-electron chi connectivity index (χ1n) is 8.40. The van der Waals surface area contributed by atoms with Gasteiger partial charge in [0.2, 0.25) is 0 Å². The van der Waals surface area contributed by atoms with E-state index in [4.69, 9.17) is 0 Å². The highest BCUT2D eigenvalue weighted by Gasteiger charge is 2.21. The number of nitrogens with one attached hydrogen (secondary N) is 1. The number of fused-ring (bicyclic) bond motifs is 1. The number of amides is 2. The minimum atomic E-state index is -0.0294. The van der Waals surface area contributed by atoms with E-state index in [9.17, 15) is 4.79 Å². The Morgan fingerprint density at radius 1 is 1.17 bits per heavy atom. The molecule has 0 atom stereocenters. The molecule has 0 radical (unpaired) electrons. The first-order chi connectivity index (χ1) is 11.3. The largest absolute Gasteiger partial charge is 0.322 e. The van der Waals surface area contributed by atoms with Crippen molar-refractivity contribution in [1.82, 2.24) is 14.8 Å². The number of benzene rings is 1. The number of piperazine rings is 1. The summed E-state index contributed by atoms with van der Waals surface area (Å²) < 4.78 is 0. The zero-order valence-corrected chi connectivity index (χ0v) is 13.7. The fourth-order valence-corrected chi connectivity index (χ4v) is 2.96. The third-order valence-electron chi connectivity index (χ3n) is 4.36. The van der Waals surface area contributed by atoms with Gasteiger partial charge in [-0.05, 0) is 25.1 Å². The Bertz CT molecular complexity index is 660. The maximum Gasteiger partial charge on any atom is 0.321 e. The Hall–Kier alpha value is -2.14. The van der Waals surface area contributed by atoms with Crippen molar-refractivity contribution in [2.24, 2.45) is 0 Å². The lowest BCUT2D eigenvalue weighted by Crippen LogP contribution is -2.50. The zero-order chi connectivity index (χ0) is 16.1. The third kappa shape index (κ3) is 3.79. The first-order valence-corrected chi connectivity index (χ1v) is 8.40. The summed E-state index contributed by atoms with van der Waals surface area (Å²) in [4.78, 5) is 21.2. The molecule has 5 heteroatoms. The van der Waals surface area contributed by atoms with Gasteiger partial charge in [0.25, 0.3) is 0 Å². The quantitative estimate of drug-likeness (QED) is 0.943. The molecule has 0 spiro atoms. The number of unbranched alkanes of at least 4 members (excludes halogenated alkanes) is 1. The fraction of sp³-hybridized carbons (Fsp3) is 0.444. The van der Waals surface area contributed by atoms with Gasteiger partial charge in [0.1, 0.15) is 0 Å². The number of hydrogen-bond donors (Lipinski definition) is 1. The highest BCUT2D eigenvalue weighted by Crippen LogP contribution is 2.21. The van der Waals surface area contributed by atoms with Crippen molar-refractivity contribution in [3.8, 4) is 0 Å². The van der Waals surface area contributed by atoms with Gasteiger partial charge < -0.3 is 10.2 Å². The van der Waals surface area contributed by atoms with Crippen molar-refractivity contribution in [2.75, 3.05) is 38.0 Å². The molecule has 2 amide bonds. The topological polar surface area (TPSA) is 48.5 Å². The predicted octanol–water partition coefficient (Wildman–Crippen LogP) is 3.18. The number of carbonyl (C=O) groups is 1. The molecule has 1 aromatic heterocycles. The summed E-state index contributed by atoms with van der Waals surface area (Å²) in [6, 6.07) is 9.74. The molecule has 1 aliphatic heterocycles. The molecular weight excluding hydrogens is 288 g/mol. The summed E-state index contributed by atoms with van der Waals surface area (Å²) in [5.74, 6) is 0. The van der Waals surface area contributed by atoms with Gasteiger partial charge in [0, 0.05) is 37.8 Å². The molecule has 0 unspecified atom stereocenters. The summed E-state index contributed by atoms with van der Waals surface area (Å²) in [7, 11) is 0. The first kappa shape index (κ1) is 15.7. The third-order valence-corrected chi connectivity index (χ3v) is 4.36. The van der Waals surface area contributed by atoms with Gasteiger partial charge in [-0.15, -0.1) is 0 Å². The second-order valence-electron chi connectivity index (χ2n) is 5.99. The number of aromatic nitrogens is 1. The Labute approximate surface area is 137 Å². The van der Waals surface area contributed by atoms with Crippen LogP contribution in [-0.2, 0) is 0 Å². The van der Waals surface area contributed by atoms with Crippen LogP contribution in [0, 0.1) is 0 Å². The van der Waals surface area contributed by atoms with Crippen LogP contribution in [0.3, 0.4) is 0 Å². The Morgan fingerprint density at radius 3 is 2.74 bits per heavy atom. The summed E-state index contributed by atoms with van der Waals surface area (Å²) in [6.45, 7) is 6.84. The Morgan fingerprint density at radius 2 is 1.96 bits per heavy atom. The molecule has 1 N–H and O–H groups in total. The Kier molecular flexibility index (Phi) is 5.08. The van der Waals surface area contributed by atoms with Gasteiger partial charge in [-0.25, -0.2) is 4.79 Å². The minimum absolute atomic E-state index is 0.0294. The molecule has 1 aromatic carbocycles. The maximum atomic E-state index is 12.5. The van der Waals surface area contributed by atoms with Crippen LogP contribution in [-0.4, -0.2) is 53.5 Å². The van der Waals surface area contributed by atoms with Gasteiger partial charge in [-0.2, -0.15) is 0 Å². The lowest BCUT2D eigenvalue weighted by atomic mass is 10.2. The van der Waals surface area contributed by atoms with Gasteiger partial charge in [0.15, 0.2) is 0 Å². The normalized spacial score (nSPS) is 15.8. The smallest absolute Gasteiger partial charge is 0.321 e. The highest BCUT2D eigenvalue weighted by atomic mass is 16.2. The van der Waals surface area contributed by atoms with E-state index in [2.05, 4.69) is 22.1 Å². The van der Waals surface area contributed by atoms with Crippen molar-refractivity contribution in [3.05, 3.63) is 36.5 Å². The van der Waals surface area contributed by atoms with E-state index in [0.29, 0.717) is 0 Å². The van der Waals surface area contributed by atoms with Gasteiger partial charge >= 0.3 is 6.03 Å². The van der Waals surface area contributed by atoms with Crippen LogP contribution in [0.5, 0.6) is 0 Å². The summed E-state index contributed by atoms with van der Waals surface area (Å²) in [5, 5.41) is 4.06. The van der Waals surface area contributed by atoms with E-state index < -0.39 is 0 Å². The van der Waals surface area contributed by atoms with E-state index in [-0.39, 0.29) is 6.03 Å². The second-order valence-corrected chi connectivity index (χ2v) is 5.99. The molecule has 122 valence electrons.